The molecule has 0 fully saturated rings. The molecule has 3 amide bonds. The molecule has 0 spiro atoms. The highest BCUT2D eigenvalue weighted by molar-refractivity contribution is 7.17. The fourth-order valence-electron chi connectivity index (χ4n) is 3.59. The lowest BCUT2D eigenvalue weighted by Gasteiger charge is -2.13. The Labute approximate surface area is 181 Å². The van der Waals surface area contributed by atoms with Crippen LogP contribution in [-0.4, -0.2) is 24.5 Å². The van der Waals surface area contributed by atoms with E-state index in [0.717, 1.165) is 41.7 Å². The van der Waals surface area contributed by atoms with Crippen LogP contribution in [0.3, 0.4) is 0 Å². The highest BCUT2D eigenvalue weighted by Crippen LogP contribution is 2.38. The molecule has 0 saturated carbocycles. The van der Waals surface area contributed by atoms with E-state index in [1.54, 1.807) is 6.92 Å². The number of ether oxygens (including phenoxy) is 1. The lowest BCUT2D eigenvalue weighted by atomic mass is 9.95. The van der Waals surface area contributed by atoms with Crippen LogP contribution in [0.2, 0.25) is 0 Å². The summed E-state index contributed by atoms with van der Waals surface area (Å²) in [5.74, 6) is -0.272. The van der Waals surface area contributed by atoms with Crippen molar-refractivity contribution in [3.05, 3.63) is 51.4 Å². The number of rotatable bonds is 6. The fraction of sp³-hybridized carbons (Fsp3) is 0.435. The molecule has 3 rings (SSSR count). The molecular formula is C23H28N2O4S. The second-order valence-electron chi connectivity index (χ2n) is 7.71. The second kappa shape index (κ2) is 9.89. The number of amides is 3. The minimum absolute atomic E-state index is 0.181. The molecule has 1 aromatic carbocycles. The molecule has 0 atom stereocenters. The van der Waals surface area contributed by atoms with Crippen LogP contribution in [0.15, 0.2) is 24.3 Å². The minimum Gasteiger partial charge on any atom is -0.450 e. The third kappa shape index (κ3) is 5.27. The fourth-order valence-corrected chi connectivity index (χ4v) is 4.90. The predicted octanol–water partition coefficient (Wildman–Crippen LogP) is 4.82. The summed E-state index contributed by atoms with van der Waals surface area (Å²) in [5, 5.41) is 5.68. The summed E-state index contributed by atoms with van der Waals surface area (Å²) in [4.78, 5) is 38.3. The molecule has 2 aromatic rings. The third-order valence-corrected chi connectivity index (χ3v) is 6.36. The zero-order valence-electron chi connectivity index (χ0n) is 17.7. The van der Waals surface area contributed by atoms with Crippen molar-refractivity contribution >= 4 is 34.2 Å². The molecule has 160 valence electrons. The Morgan fingerprint density at radius 2 is 1.80 bits per heavy atom. The maximum atomic E-state index is 12.8. The van der Waals surface area contributed by atoms with Gasteiger partial charge >= 0.3 is 6.09 Å². The quantitative estimate of drug-likeness (QED) is 0.691. The number of alkyl carbamates (subject to hydrolysis) is 1. The van der Waals surface area contributed by atoms with Gasteiger partial charge in [0.15, 0.2) is 0 Å². The Hall–Kier alpha value is -2.67. The molecule has 0 unspecified atom stereocenters. The van der Waals surface area contributed by atoms with Gasteiger partial charge in [-0.1, -0.05) is 38.1 Å². The van der Waals surface area contributed by atoms with Gasteiger partial charge in [0.1, 0.15) is 5.00 Å². The summed E-state index contributed by atoms with van der Waals surface area (Å²) in [6.07, 6.45) is 3.14. The normalized spacial score (nSPS) is 12.9. The van der Waals surface area contributed by atoms with Crippen molar-refractivity contribution in [2.45, 2.75) is 58.8 Å². The van der Waals surface area contributed by atoms with Gasteiger partial charge in [0.25, 0.3) is 5.91 Å². The van der Waals surface area contributed by atoms with E-state index in [1.807, 2.05) is 24.3 Å². The van der Waals surface area contributed by atoms with Gasteiger partial charge in [-0.15, -0.1) is 11.3 Å². The van der Waals surface area contributed by atoms with E-state index in [-0.39, 0.29) is 18.9 Å². The molecular weight excluding hydrogens is 400 g/mol. The summed E-state index contributed by atoms with van der Waals surface area (Å²) in [5.41, 5.74) is 3.47. The number of thiophene rings is 1. The molecule has 0 aliphatic heterocycles. The van der Waals surface area contributed by atoms with Gasteiger partial charge in [-0.25, -0.2) is 4.79 Å². The van der Waals surface area contributed by atoms with Crippen molar-refractivity contribution in [1.82, 2.24) is 5.32 Å². The molecule has 1 aliphatic carbocycles. The van der Waals surface area contributed by atoms with Crippen molar-refractivity contribution in [1.29, 1.82) is 0 Å². The number of carbonyl (C=O) groups excluding carboxylic acids is 3. The second-order valence-corrected chi connectivity index (χ2v) is 8.82. The monoisotopic (exact) mass is 428 g/mol. The number of imide groups is 1. The molecule has 6 nitrogen and oxygen atoms in total. The van der Waals surface area contributed by atoms with Gasteiger partial charge in [-0.2, -0.15) is 0 Å². The van der Waals surface area contributed by atoms with Crippen LogP contribution in [-0.2, 0) is 28.8 Å². The SMILES string of the molecule is CCOC(=O)NC(=O)c1c(NC(=O)Cc2ccc(C(C)C)cc2)sc2c1CCCC2. The van der Waals surface area contributed by atoms with E-state index < -0.39 is 12.0 Å². The number of fused-ring (bicyclic) bond motifs is 1. The zero-order valence-corrected chi connectivity index (χ0v) is 18.5. The van der Waals surface area contributed by atoms with Crippen LogP contribution in [0, 0.1) is 0 Å². The van der Waals surface area contributed by atoms with Crippen molar-refractivity contribution < 1.29 is 19.1 Å². The van der Waals surface area contributed by atoms with Gasteiger partial charge < -0.3 is 10.1 Å². The maximum Gasteiger partial charge on any atom is 0.414 e. The summed E-state index contributed by atoms with van der Waals surface area (Å²) < 4.78 is 4.83. The Kier molecular flexibility index (Phi) is 7.26. The smallest absolute Gasteiger partial charge is 0.414 e. The van der Waals surface area contributed by atoms with E-state index in [1.165, 1.54) is 16.9 Å². The van der Waals surface area contributed by atoms with Crippen molar-refractivity contribution in [2.75, 3.05) is 11.9 Å². The average molecular weight is 429 g/mol. The van der Waals surface area contributed by atoms with E-state index in [0.29, 0.717) is 16.5 Å². The van der Waals surface area contributed by atoms with Gasteiger partial charge in [-0.3, -0.25) is 14.9 Å². The highest BCUT2D eigenvalue weighted by atomic mass is 32.1. The Morgan fingerprint density at radius 1 is 1.10 bits per heavy atom. The van der Waals surface area contributed by atoms with Crippen molar-refractivity contribution in [3.8, 4) is 0 Å². The first-order valence-electron chi connectivity index (χ1n) is 10.4. The van der Waals surface area contributed by atoms with Crippen LogP contribution < -0.4 is 10.6 Å². The van der Waals surface area contributed by atoms with Crippen LogP contribution in [0.1, 0.15) is 71.5 Å². The third-order valence-electron chi connectivity index (χ3n) is 5.15. The number of benzene rings is 1. The molecule has 0 saturated heterocycles. The standard InChI is InChI=1S/C23H28N2O4S/c1-4-29-23(28)25-21(27)20-17-7-5-6-8-18(17)30-22(20)24-19(26)13-15-9-11-16(12-10-15)14(2)3/h9-12,14H,4-8,13H2,1-3H3,(H,24,26)(H,25,27,28). The molecule has 1 aliphatic rings. The van der Waals surface area contributed by atoms with E-state index in [2.05, 4.69) is 24.5 Å². The van der Waals surface area contributed by atoms with Crippen LogP contribution in [0.25, 0.3) is 0 Å². The largest absolute Gasteiger partial charge is 0.450 e. The van der Waals surface area contributed by atoms with Crippen LogP contribution in [0.4, 0.5) is 9.80 Å². The van der Waals surface area contributed by atoms with Gasteiger partial charge in [0.2, 0.25) is 5.91 Å². The lowest BCUT2D eigenvalue weighted by Crippen LogP contribution is -2.32. The van der Waals surface area contributed by atoms with Crippen molar-refractivity contribution in [2.24, 2.45) is 0 Å². The summed E-state index contributed by atoms with van der Waals surface area (Å²) in [6, 6.07) is 8.00. The summed E-state index contributed by atoms with van der Waals surface area (Å²) in [7, 11) is 0. The van der Waals surface area contributed by atoms with Gasteiger partial charge in [0, 0.05) is 4.88 Å². The molecule has 0 radical (unpaired) electrons. The molecule has 7 heteroatoms. The first-order valence-corrected chi connectivity index (χ1v) is 11.2. The van der Waals surface area contributed by atoms with Crippen LogP contribution in [0.5, 0.6) is 0 Å². The molecule has 0 bridgehead atoms. The Morgan fingerprint density at radius 3 is 2.47 bits per heavy atom. The van der Waals surface area contributed by atoms with Gasteiger partial charge in [-0.05, 0) is 55.2 Å². The van der Waals surface area contributed by atoms with Crippen LogP contribution >= 0.6 is 11.3 Å². The first kappa shape index (κ1) is 22.0. The number of anilines is 1. The number of hydrogen-bond acceptors (Lipinski definition) is 5. The summed E-state index contributed by atoms with van der Waals surface area (Å²) >= 11 is 1.43. The lowest BCUT2D eigenvalue weighted by molar-refractivity contribution is -0.115. The molecule has 2 N–H and O–H groups in total. The predicted molar refractivity (Wildman–Crippen MR) is 118 cm³/mol. The zero-order chi connectivity index (χ0) is 21.7. The number of nitrogens with one attached hydrogen (secondary N) is 2. The number of carbonyl (C=O) groups is 3. The van der Waals surface area contributed by atoms with Crippen molar-refractivity contribution in [3.63, 3.8) is 0 Å². The van der Waals surface area contributed by atoms with E-state index in [4.69, 9.17) is 4.74 Å². The average Bonchev–Trinajstić information content (AvgIpc) is 3.06. The van der Waals surface area contributed by atoms with Gasteiger partial charge in [0.05, 0.1) is 18.6 Å². The Balaban J connectivity index is 1.77. The maximum absolute atomic E-state index is 12.8. The topological polar surface area (TPSA) is 84.5 Å². The Bertz CT molecular complexity index is 931. The molecule has 30 heavy (non-hydrogen) atoms. The number of hydrogen-bond donors (Lipinski definition) is 2. The molecule has 1 aromatic heterocycles. The molecule has 1 heterocycles. The number of aryl methyl sites for hydroxylation is 1. The minimum atomic E-state index is -0.777. The first-order chi connectivity index (χ1) is 14.4. The van der Waals surface area contributed by atoms with E-state index in [9.17, 15) is 14.4 Å². The van der Waals surface area contributed by atoms with E-state index >= 15 is 0 Å². The highest BCUT2D eigenvalue weighted by Gasteiger charge is 2.27. The summed E-state index contributed by atoms with van der Waals surface area (Å²) in [6.45, 7) is 6.11.